The van der Waals surface area contributed by atoms with Crippen LogP contribution in [0.25, 0.3) is 0 Å². The van der Waals surface area contributed by atoms with Crippen molar-refractivity contribution in [3.8, 4) is 5.75 Å². The molecule has 1 heterocycles. The van der Waals surface area contributed by atoms with E-state index in [-0.39, 0.29) is 11.5 Å². The van der Waals surface area contributed by atoms with Crippen molar-refractivity contribution in [2.24, 2.45) is 0 Å². The molecule has 2 rings (SSSR count). The van der Waals surface area contributed by atoms with Crippen molar-refractivity contribution in [1.29, 1.82) is 0 Å². The molecular formula is C14H14F2O3. The number of aryl methyl sites for hydroxylation is 1. The molecule has 19 heavy (non-hydrogen) atoms. The molecule has 0 saturated carbocycles. The fourth-order valence-corrected chi connectivity index (χ4v) is 1.81. The summed E-state index contributed by atoms with van der Waals surface area (Å²) in [6.07, 6.45) is -0.841. The molecule has 1 N–H and O–H groups in total. The Hall–Kier alpha value is -1.88. The van der Waals surface area contributed by atoms with Gasteiger partial charge in [-0.2, -0.15) is 0 Å². The summed E-state index contributed by atoms with van der Waals surface area (Å²) >= 11 is 0. The van der Waals surface area contributed by atoms with Gasteiger partial charge in [-0.25, -0.2) is 8.78 Å². The first-order valence-electron chi connectivity index (χ1n) is 5.86. The van der Waals surface area contributed by atoms with Crippen LogP contribution in [0.3, 0.4) is 0 Å². The SMILES string of the molecule is CCc1ccc(C(O)c2c(F)cc(OC)cc2F)o1. The molecule has 0 saturated heterocycles. The van der Waals surface area contributed by atoms with Crippen LogP contribution in [-0.2, 0) is 6.42 Å². The molecule has 0 aliphatic heterocycles. The summed E-state index contributed by atoms with van der Waals surface area (Å²) < 4.78 is 37.7. The van der Waals surface area contributed by atoms with E-state index in [4.69, 9.17) is 9.15 Å². The van der Waals surface area contributed by atoms with E-state index in [1.807, 2.05) is 6.92 Å². The molecule has 1 aromatic heterocycles. The number of aliphatic hydroxyl groups excluding tert-OH is 1. The normalized spacial score (nSPS) is 12.5. The van der Waals surface area contributed by atoms with Gasteiger partial charge in [0.2, 0.25) is 0 Å². The molecular weight excluding hydrogens is 254 g/mol. The Balaban J connectivity index is 2.40. The van der Waals surface area contributed by atoms with Crippen LogP contribution < -0.4 is 4.74 Å². The van der Waals surface area contributed by atoms with Crippen molar-refractivity contribution in [2.75, 3.05) is 7.11 Å². The molecule has 0 fully saturated rings. The number of rotatable bonds is 4. The molecule has 0 bridgehead atoms. The fourth-order valence-electron chi connectivity index (χ4n) is 1.81. The Bertz CT molecular complexity index is 555. The molecule has 102 valence electrons. The second-order valence-electron chi connectivity index (χ2n) is 4.06. The number of hydrogen-bond donors (Lipinski definition) is 1. The third kappa shape index (κ3) is 2.61. The van der Waals surface area contributed by atoms with E-state index < -0.39 is 23.3 Å². The molecule has 1 aromatic carbocycles. The molecule has 0 radical (unpaired) electrons. The largest absolute Gasteiger partial charge is 0.497 e. The van der Waals surface area contributed by atoms with Gasteiger partial charge >= 0.3 is 0 Å². The Labute approximate surface area is 109 Å². The first-order valence-corrected chi connectivity index (χ1v) is 5.86. The number of halogens is 2. The summed E-state index contributed by atoms with van der Waals surface area (Å²) in [5.41, 5.74) is -0.446. The Morgan fingerprint density at radius 1 is 1.26 bits per heavy atom. The van der Waals surface area contributed by atoms with Crippen LogP contribution in [0.4, 0.5) is 8.78 Å². The predicted molar refractivity (Wildman–Crippen MR) is 65.1 cm³/mol. The van der Waals surface area contributed by atoms with Crippen LogP contribution in [-0.4, -0.2) is 12.2 Å². The van der Waals surface area contributed by atoms with E-state index in [9.17, 15) is 13.9 Å². The molecule has 1 atom stereocenters. The van der Waals surface area contributed by atoms with E-state index >= 15 is 0 Å². The highest BCUT2D eigenvalue weighted by Crippen LogP contribution is 2.30. The molecule has 1 unspecified atom stereocenters. The van der Waals surface area contributed by atoms with Gasteiger partial charge in [-0.1, -0.05) is 6.92 Å². The van der Waals surface area contributed by atoms with E-state index in [1.165, 1.54) is 13.2 Å². The maximum atomic E-state index is 13.8. The van der Waals surface area contributed by atoms with Gasteiger partial charge in [-0.3, -0.25) is 0 Å². The molecule has 0 amide bonds. The number of ether oxygens (including phenoxy) is 1. The summed E-state index contributed by atoms with van der Waals surface area (Å²) in [4.78, 5) is 0. The van der Waals surface area contributed by atoms with Crippen LogP contribution in [0.15, 0.2) is 28.7 Å². The van der Waals surface area contributed by atoms with E-state index in [2.05, 4.69) is 0 Å². The Morgan fingerprint density at radius 2 is 1.89 bits per heavy atom. The minimum Gasteiger partial charge on any atom is -0.497 e. The van der Waals surface area contributed by atoms with Gasteiger partial charge in [-0.15, -0.1) is 0 Å². The number of benzene rings is 1. The Kier molecular flexibility index (Phi) is 3.85. The first kappa shape index (κ1) is 13.5. The molecule has 2 aromatic rings. The summed E-state index contributed by atoms with van der Waals surface area (Å²) in [6, 6.07) is 5.21. The second-order valence-corrected chi connectivity index (χ2v) is 4.06. The number of methoxy groups -OCH3 is 1. The van der Waals surface area contributed by atoms with Crippen LogP contribution in [0.1, 0.15) is 30.1 Å². The van der Waals surface area contributed by atoms with Gasteiger partial charge < -0.3 is 14.3 Å². The van der Waals surface area contributed by atoms with Crippen LogP contribution >= 0.6 is 0 Å². The van der Waals surface area contributed by atoms with E-state index in [0.29, 0.717) is 12.2 Å². The lowest BCUT2D eigenvalue weighted by Crippen LogP contribution is -2.05. The standard InChI is InChI=1S/C14H14F2O3/c1-3-8-4-5-12(19-8)14(17)13-10(15)6-9(18-2)7-11(13)16/h4-7,14,17H,3H2,1-2H3. The van der Waals surface area contributed by atoms with E-state index in [0.717, 1.165) is 12.1 Å². The van der Waals surface area contributed by atoms with E-state index in [1.54, 1.807) is 6.07 Å². The quantitative estimate of drug-likeness (QED) is 0.925. The maximum absolute atomic E-state index is 13.8. The fraction of sp³-hybridized carbons (Fsp3) is 0.286. The number of furan rings is 1. The minimum atomic E-state index is -1.48. The predicted octanol–water partition coefficient (Wildman–Crippen LogP) is 3.21. The van der Waals surface area contributed by atoms with Crippen molar-refractivity contribution < 1.29 is 23.0 Å². The monoisotopic (exact) mass is 268 g/mol. The second kappa shape index (κ2) is 5.40. The van der Waals surface area contributed by atoms with Gasteiger partial charge in [0.15, 0.2) is 0 Å². The van der Waals surface area contributed by atoms with Crippen molar-refractivity contribution in [3.63, 3.8) is 0 Å². The lowest BCUT2D eigenvalue weighted by Gasteiger charge is -2.12. The van der Waals surface area contributed by atoms with Crippen molar-refractivity contribution in [3.05, 3.63) is 53.0 Å². The third-order valence-corrected chi connectivity index (χ3v) is 2.86. The molecule has 0 spiro atoms. The van der Waals surface area contributed by atoms with Crippen molar-refractivity contribution in [2.45, 2.75) is 19.4 Å². The highest BCUT2D eigenvalue weighted by Gasteiger charge is 2.23. The Morgan fingerprint density at radius 3 is 2.37 bits per heavy atom. The molecule has 0 aliphatic carbocycles. The smallest absolute Gasteiger partial charge is 0.142 e. The lowest BCUT2D eigenvalue weighted by atomic mass is 10.1. The first-order chi connectivity index (χ1) is 9.06. The summed E-state index contributed by atoms with van der Waals surface area (Å²) in [5.74, 6) is -0.944. The van der Waals surface area contributed by atoms with Gasteiger partial charge in [0.1, 0.15) is 35.0 Å². The average molecular weight is 268 g/mol. The number of aliphatic hydroxyl groups is 1. The van der Waals surface area contributed by atoms with Crippen molar-refractivity contribution >= 4 is 0 Å². The summed E-state index contributed by atoms with van der Waals surface area (Å²) in [7, 11) is 1.31. The van der Waals surface area contributed by atoms with Gasteiger partial charge in [0.25, 0.3) is 0 Å². The third-order valence-electron chi connectivity index (χ3n) is 2.86. The molecule has 0 aliphatic rings. The zero-order valence-corrected chi connectivity index (χ0v) is 10.6. The maximum Gasteiger partial charge on any atom is 0.142 e. The lowest BCUT2D eigenvalue weighted by molar-refractivity contribution is 0.177. The molecule has 3 nitrogen and oxygen atoms in total. The summed E-state index contributed by atoms with van der Waals surface area (Å²) in [6.45, 7) is 1.88. The van der Waals surface area contributed by atoms with Crippen LogP contribution in [0.2, 0.25) is 0 Å². The van der Waals surface area contributed by atoms with Crippen LogP contribution in [0, 0.1) is 11.6 Å². The zero-order valence-electron chi connectivity index (χ0n) is 10.6. The minimum absolute atomic E-state index is 0.0552. The van der Waals surface area contributed by atoms with Gasteiger partial charge in [-0.05, 0) is 12.1 Å². The van der Waals surface area contributed by atoms with Crippen LogP contribution in [0.5, 0.6) is 5.75 Å². The van der Waals surface area contributed by atoms with Gasteiger partial charge in [0, 0.05) is 18.6 Å². The summed E-state index contributed by atoms with van der Waals surface area (Å²) in [5, 5.41) is 10.0. The molecule has 5 heteroatoms. The van der Waals surface area contributed by atoms with Crippen molar-refractivity contribution in [1.82, 2.24) is 0 Å². The topological polar surface area (TPSA) is 42.6 Å². The zero-order chi connectivity index (χ0) is 14.0. The highest BCUT2D eigenvalue weighted by atomic mass is 19.1. The number of hydrogen-bond acceptors (Lipinski definition) is 3. The van der Waals surface area contributed by atoms with Gasteiger partial charge in [0.05, 0.1) is 12.7 Å². The highest BCUT2D eigenvalue weighted by molar-refractivity contribution is 5.34. The average Bonchev–Trinajstić information content (AvgIpc) is 2.86.